The molecule has 2 atom stereocenters. The number of hydrogen-bond donors (Lipinski definition) is 1. The number of ether oxygens (including phenoxy) is 1. The first-order valence-corrected chi connectivity index (χ1v) is 11.5. The van der Waals surface area contributed by atoms with Crippen molar-refractivity contribution in [2.24, 2.45) is 0 Å². The molecule has 0 radical (unpaired) electrons. The van der Waals surface area contributed by atoms with Gasteiger partial charge in [-0.25, -0.2) is 0 Å². The van der Waals surface area contributed by atoms with E-state index in [-0.39, 0.29) is 6.04 Å². The Hall–Kier alpha value is -2.50. The van der Waals surface area contributed by atoms with Gasteiger partial charge in [0.2, 0.25) is 6.41 Å². The van der Waals surface area contributed by atoms with Crippen LogP contribution >= 0.6 is 11.6 Å². The summed E-state index contributed by atoms with van der Waals surface area (Å²) in [6, 6.07) is 14.6. The molecule has 5 rings (SSSR count). The second kappa shape index (κ2) is 8.56. The van der Waals surface area contributed by atoms with Crippen LogP contribution in [0, 0.1) is 0 Å². The number of halogens is 1. The molecule has 1 fully saturated rings. The third-order valence-corrected chi connectivity index (χ3v) is 7.08. The van der Waals surface area contributed by atoms with Crippen LogP contribution in [-0.2, 0) is 11.2 Å². The number of aromatic amines is 1. The van der Waals surface area contributed by atoms with E-state index in [1.165, 1.54) is 24.9 Å². The van der Waals surface area contributed by atoms with E-state index in [9.17, 15) is 4.79 Å². The van der Waals surface area contributed by atoms with E-state index in [0.717, 1.165) is 58.8 Å². The zero-order valence-electron chi connectivity index (χ0n) is 17.8. The summed E-state index contributed by atoms with van der Waals surface area (Å²) in [7, 11) is 2.20. The lowest BCUT2D eigenvalue weighted by Crippen LogP contribution is -2.34. The van der Waals surface area contributed by atoms with Gasteiger partial charge in [0.25, 0.3) is 0 Å². The number of amides is 1. The van der Waals surface area contributed by atoms with Crippen LogP contribution in [0.4, 0.5) is 0 Å². The van der Waals surface area contributed by atoms with Crippen molar-refractivity contribution in [2.45, 2.75) is 37.8 Å². The van der Waals surface area contributed by atoms with Gasteiger partial charge < -0.3 is 19.5 Å². The molecule has 3 aromatic rings. The van der Waals surface area contributed by atoms with Crippen LogP contribution in [-0.4, -0.2) is 54.0 Å². The molecule has 5 nitrogen and oxygen atoms in total. The molecule has 0 bridgehead atoms. The van der Waals surface area contributed by atoms with Crippen LogP contribution in [0.2, 0.25) is 5.02 Å². The molecular weight excluding hydrogens is 410 g/mol. The molecule has 2 aliphatic rings. The molecule has 3 heterocycles. The SMILES string of the molecule is CN1CCCC1CCOc1ccc(C2c3[nH]c4ccc(Cl)cc4c3CCN2C=O)cc1. The second-order valence-corrected chi connectivity index (χ2v) is 9.12. The van der Waals surface area contributed by atoms with Gasteiger partial charge in [0.15, 0.2) is 0 Å². The minimum atomic E-state index is -0.131. The minimum absolute atomic E-state index is 0.131. The van der Waals surface area contributed by atoms with Crippen molar-refractivity contribution in [3.8, 4) is 5.75 Å². The van der Waals surface area contributed by atoms with Gasteiger partial charge in [0, 0.05) is 34.2 Å². The van der Waals surface area contributed by atoms with Crippen molar-refractivity contribution in [3.63, 3.8) is 0 Å². The summed E-state index contributed by atoms with van der Waals surface area (Å²) in [6.07, 6.45) is 5.38. The van der Waals surface area contributed by atoms with Crippen molar-refractivity contribution >= 4 is 28.9 Å². The van der Waals surface area contributed by atoms with Crippen molar-refractivity contribution in [2.75, 3.05) is 26.7 Å². The fourth-order valence-electron chi connectivity index (χ4n) is 5.15. The zero-order chi connectivity index (χ0) is 21.4. The van der Waals surface area contributed by atoms with Crippen LogP contribution in [0.5, 0.6) is 5.75 Å². The van der Waals surface area contributed by atoms with E-state index in [2.05, 4.69) is 29.1 Å². The highest BCUT2D eigenvalue weighted by atomic mass is 35.5. The standard InChI is InChI=1S/C25H28ClN3O2/c1-28-12-2-3-19(28)11-14-31-20-7-4-17(5-8-20)25-24-21(10-13-29(25)16-30)22-15-18(26)6-9-23(22)27-24/h4-9,15-16,19,25,27H,2-3,10-14H2,1H3. The molecule has 31 heavy (non-hydrogen) atoms. The Morgan fingerprint density at radius 3 is 2.77 bits per heavy atom. The van der Waals surface area contributed by atoms with Crippen LogP contribution in [0.3, 0.4) is 0 Å². The Kier molecular flexibility index (Phi) is 5.63. The molecule has 0 aliphatic carbocycles. The first-order valence-electron chi connectivity index (χ1n) is 11.1. The lowest BCUT2D eigenvalue weighted by molar-refractivity contribution is -0.120. The van der Waals surface area contributed by atoms with Gasteiger partial charge in [-0.3, -0.25) is 4.79 Å². The third kappa shape index (κ3) is 3.92. The molecule has 1 aromatic heterocycles. The zero-order valence-corrected chi connectivity index (χ0v) is 18.6. The van der Waals surface area contributed by atoms with Gasteiger partial charge in [-0.1, -0.05) is 23.7 Å². The number of carbonyl (C=O) groups is 1. The van der Waals surface area contributed by atoms with E-state index in [0.29, 0.717) is 12.6 Å². The molecule has 1 saturated heterocycles. The van der Waals surface area contributed by atoms with Crippen LogP contribution in [0.15, 0.2) is 42.5 Å². The maximum absolute atomic E-state index is 11.8. The number of aromatic nitrogens is 1. The van der Waals surface area contributed by atoms with Crippen molar-refractivity contribution in [3.05, 3.63) is 64.3 Å². The molecule has 0 spiro atoms. The smallest absolute Gasteiger partial charge is 0.210 e. The number of nitrogens with zero attached hydrogens (tertiary/aromatic N) is 2. The first-order chi connectivity index (χ1) is 15.1. The van der Waals surface area contributed by atoms with E-state index >= 15 is 0 Å². The maximum atomic E-state index is 11.8. The fourth-order valence-corrected chi connectivity index (χ4v) is 5.33. The quantitative estimate of drug-likeness (QED) is 0.564. The van der Waals surface area contributed by atoms with Gasteiger partial charge in [-0.05, 0) is 80.7 Å². The monoisotopic (exact) mass is 437 g/mol. The van der Waals surface area contributed by atoms with Gasteiger partial charge >= 0.3 is 0 Å². The summed E-state index contributed by atoms with van der Waals surface area (Å²) in [6.45, 7) is 2.61. The van der Waals surface area contributed by atoms with E-state index in [1.54, 1.807) is 0 Å². The van der Waals surface area contributed by atoms with Gasteiger partial charge in [0.1, 0.15) is 5.75 Å². The van der Waals surface area contributed by atoms with Crippen LogP contribution < -0.4 is 4.74 Å². The molecule has 1 N–H and O–H groups in total. The summed E-state index contributed by atoms with van der Waals surface area (Å²) in [4.78, 5) is 19.7. The summed E-state index contributed by atoms with van der Waals surface area (Å²) < 4.78 is 6.01. The highest BCUT2D eigenvalue weighted by Gasteiger charge is 2.31. The Labute approximate surface area is 187 Å². The fraction of sp³-hybridized carbons (Fsp3) is 0.400. The second-order valence-electron chi connectivity index (χ2n) is 8.69. The number of likely N-dealkylation sites (tertiary alicyclic amines) is 1. The van der Waals surface area contributed by atoms with Crippen molar-refractivity contribution in [1.29, 1.82) is 0 Å². The topological polar surface area (TPSA) is 48.6 Å². The molecule has 6 heteroatoms. The molecular formula is C25H28ClN3O2. The maximum Gasteiger partial charge on any atom is 0.210 e. The minimum Gasteiger partial charge on any atom is -0.494 e. The number of rotatable bonds is 6. The summed E-state index contributed by atoms with van der Waals surface area (Å²) in [5.41, 5.74) is 4.47. The van der Waals surface area contributed by atoms with Crippen molar-refractivity contribution in [1.82, 2.24) is 14.8 Å². The third-order valence-electron chi connectivity index (χ3n) is 6.85. The lowest BCUT2D eigenvalue weighted by Gasteiger charge is -2.33. The van der Waals surface area contributed by atoms with Crippen molar-refractivity contribution < 1.29 is 9.53 Å². The Balaban J connectivity index is 1.36. The van der Waals surface area contributed by atoms with Crippen LogP contribution in [0.1, 0.15) is 42.1 Å². The molecule has 2 aromatic carbocycles. The van der Waals surface area contributed by atoms with Gasteiger partial charge in [-0.15, -0.1) is 0 Å². The summed E-state index contributed by atoms with van der Waals surface area (Å²) in [5, 5.41) is 1.88. The predicted octanol–water partition coefficient (Wildman–Crippen LogP) is 4.79. The number of hydrogen-bond acceptors (Lipinski definition) is 3. The summed E-state index contributed by atoms with van der Waals surface area (Å²) >= 11 is 6.24. The Morgan fingerprint density at radius 2 is 2.03 bits per heavy atom. The largest absolute Gasteiger partial charge is 0.494 e. The number of H-pyrrole nitrogens is 1. The van der Waals surface area contributed by atoms with Gasteiger partial charge in [0.05, 0.1) is 12.6 Å². The van der Waals surface area contributed by atoms with Crippen LogP contribution in [0.25, 0.3) is 10.9 Å². The predicted molar refractivity (Wildman–Crippen MR) is 124 cm³/mol. The molecule has 162 valence electrons. The molecule has 2 unspecified atom stereocenters. The normalized spacial score (nSPS) is 21.4. The number of carbonyl (C=O) groups excluding carboxylic acids is 1. The molecule has 0 saturated carbocycles. The lowest BCUT2D eigenvalue weighted by atomic mass is 9.93. The highest BCUT2D eigenvalue weighted by Crippen LogP contribution is 2.38. The van der Waals surface area contributed by atoms with E-state index in [1.807, 2.05) is 35.2 Å². The average molecular weight is 438 g/mol. The molecule has 2 aliphatic heterocycles. The van der Waals surface area contributed by atoms with E-state index in [4.69, 9.17) is 16.3 Å². The molecule has 1 amide bonds. The van der Waals surface area contributed by atoms with Gasteiger partial charge in [-0.2, -0.15) is 0 Å². The highest BCUT2D eigenvalue weighted by molar-refractivity contribution is 6.31. The number of nitrogens with one attached hydrogen (secondary N) is 1. The average Bonchev–Trinajstić information content (AvgIpc) is 3.36. The number of fused-ring (bicyclic) bond motifs is 3. The Bertz CT molecular complexity index is 1080. The number of benzene rings is 2. The Morgan fingerprint density at radius 1 is 1.19 bits per heavy atom. The summed E-state index contributed by atoms with van der Waals surface area (Å²) in [5.74, 6) is 0.876. The first kappa shape index (κ1) is 20.4. The van der Waals surface area contributed by atoms with E-state index < -0.39 is 0 Å².